The molecule has 0 radical (unpaired) electrons. The van der Waals surface area contributed by atoms with Crippen LogP contribution in [0.4, 0.5) is 8.78 Å². The van der Waals surface area contributed by atoms with Crippen molar-refractivity contribution in [3.8, 4) is 11.8 Å². The van der Waals surface area contributed by atoms with E-state index in [1.807, 2.05) is 43.3 Å². The number of carbonyl (C=O) groups excluding carboxylic acids is 1. The van der Waals surface area contributed by atoms with E-state index in [0.29, 0.717) is 5.56 Å². The van der Waals surface area contributed by atoms with Crippen molar-refractivity contribution in [1.29, 1.82) is 5.26 Å². The molecule has 0 aromatic heterocycles. The van der Waals surface area contributed by atoms with Gasteiger partial charge in [-0.05, 0) is 36.3 Å². The molecule has 0 aliphatic heterocycles. The van der Waals surface area contributed by atoms with E-state index in [-0.39, 0.29) is 17.4 Å². The lowest BCUT2D eigenvalue weighted by Crippen LogP contribution is -2.27. The molecule has 2 aromatic carbocycles. The Morgan fingerprint density at radius 2 is 1.80 bits per heavy atom. The number of amides is 1. The van der Waals surface area contributed by atoms with Gasteiger partial charge in [0.2, 0.25) is 0 Å². The second kappa shape index (κ2) is 8.60. The lowest BCUT2D eigenvalue weighted by atomic mass is 10.1. The van der Waals surface area contributed by atoms with Crippen LogP contribution in [-0.2, 0) is 4.79 Å². The van der Waals surface area contributed by atoms with Gasteiger partial charge in [0.15, 0.2) is 0 Å². The van der Waals surface area contributed by atoms with Gasteiger partial charge in [-0.15, -0.1) is 0 Å². The number of nitriles is 1. The molecular formula is C19H16F2N2O2. The molecule has 6 heteroatoms. The van der Waals surface area contributed by atoms with E-state index in [2.05, 4.69) is 10.1 Å². The molecule has 128 valence electrons. The summed E-state index contributed by atoms with van der Waals surface area (Å²) >= 11 is 0. The van der Waals surface area contributed by atoms with Gasteiger partial charge in [0.25, 0.3) is 5.91 Å². The molecule has 0 heterocycles. The summed E-state index contributed by atoms with van der Waals surface area (Å²) in [5, 5.41) is 12.0. The maximum Gasteiger partial charge on any atom is 0.387 e. The maximum atomic E-state index is 12.2. The molecule has 0 spiro atoms. The van der Waals surface area contributed by atoms with E-state index in [1.165, 1.54) is 30.3 Å². The molecule has 2 aromatic rings. The molecule has 0 unspecified atom stereocenters. The quantitative estimate of drug-likeness (QED) is 0.636. The van der Waals surface area contributed by atoms with Crippen molar-refractivity contribution in [1.82, 2.24) is 5.32 Å². The van der Waals surface area contributed by atoms with Crippen LogP contribution in [-0.4, -0.2) is 12.5 Å². The summed E-state index contributed by atoms with van der Waals surface area (Å²) in [5.74, 6) is -0.500. The van der Waals surface area contributed by atoms with Crippen LogP contribution in [0.1, 0.15) is 24.1 Å². The van der Waals surface area contributed by atoms with Gasteiger partial charge < -0.3 is 10.1 Å². The predicted octanol–water partition coefficient (Wildman–Crippen LogP) is 4.07. The smallest absolute Gasteiger partial charge is 0.387 e. The summed E-state index contributed by atoms with van der Waals surface area (Å²) in [6, 6.07) is 16.6. The van der Waals surface area contributed by atoms with Gasteiger partial charge in [0, 0.05) is 0 Å². The molecule has 1 N–H and O–H groups in total. The van der Waals surface area contributed by atoms with Crippen LogP contribution in [0, 0.1) is 11.3 Å². The first-order chi connectivity index (χ1) is 12.0. The molecule has 0 bridgehead atoms. The minimum atomic E-state index is -2.90. The summed E-state index contributed by atoms with van der Waals surface area (Å²) in [4.78, 5) is 12.2. The largest absolute Gasteiger partial charge is 0.435 e. The van der Waals surface area contributed by atoms with Gasteiger partial charge in [0.05, 0.1) is 6.04 Å². The first kappa shape index (κ1) is 18.1. The van der Waals surface area contributed by atoms with E-state index in [0.717, 1.165) is 5.56 Å². The first-order valence-electron chi connectivity index (χ1n) is 7.52. The molecule has 25 heavy (non-hydrogen) atoms. The number of rotatable bonds is 6. The van der Waals surface area contributed by atoms with Crippen LogP contribution in [0.25, 0.3) is 6.08 Å². The molecule has 0 saturated heterocycles. The van der Waals surface area contributed by atoms with Crippen LogP contribution in [0.5, 0.6) is 5.75 Å². The molecule has 1 amide bonds. The van der Waals surface area contributed by atoms with Crippen molar-refractivity contribution in [2.24, 2.45) is 0 Å². The van der Waals surface area contributed by atoms with E-state index in [1.54, 1.807) is 0 Å². The monoisotopic (exact) mass is 342 g/mol. The van der Waals surface area contributed by atoms with Crippen molar-refractivity contribution in [2.45, 2.75) is 19.6 Å². The zero-order valence-corrected chi connectivity index (χ0v) is 13.4. The Hall–Kier alpha value is -3.20. The highest BCUT2D eigenvalue weighted by atomic mass is 19.3. The van der Waals surface area contributed by atoms with E-state index in [9.17, 15) is 18.8 Å². The van der Waals surface area contributed by atoms with Gasteiger partial charge in [-0.1, -0.05) is 42.5 Å². The van der Waals surface area contributed by atoms with Crippen LogP contribution in [0.2, 0.25) is 0 Å². The van der Waals surface area contributed by atoms with Crippen molar-refractivity contribution >= 4 is 12.0 Å². The normalized spacial score (nSPS) is 12.4. The highest BCUT2D eigenvalue weighted by Crippen LogP contribution is 2.17. The summed E-state index contributed by atoms with van der Waals surface area (Å²) in [7, 11) is 0. The zero-order valence-electron chi connectivity index (χ0n) is 13.4. The third-order valence-electron chi connectivity index (χ3n) is 3.43. The highest BCUT2D eigenvalue weighted by molar-refractivity contribution is 6.01. The average molecular weight is 342 g/mol. The van der Waals surface area contributed by atoms with Crippen molar-refractivity contribution in [2.75, 3.05) is 0 Å². The zero-order chi connectivity index (χ0) is 18.2. The van der Waals surface area contributed by atoms with E-state index < -0.39 is 12.5 Å². The number of benzene rings is 2. The average Bonchev–Trinajstić information content (AvgIpc) is 2.61. The minimum absolute atomic E-state index is 0.00723. The molecule has 2 rings (SSSR count). The number of carbonyl (C=O) groups is 1. The molecule has 4 nitrogen and oxygen atoms in total. The molecule has 0 fully saturated rings. The van der Waals surface area contributed by atoms with E-state index >= 15 is 0 Å². The van der Waals surface area contributed by atoms with Gasteiger partial charge in [-0.3, -0.25) is 4.79 Å². The maximum absolute atomic E-state index is 12.2. The number of nitrogens with zero attached hydrogens (tertiary/aromatic N) is 1. The number of ether oxygens (including phenoxy) is 1. The minimum Gasteiger partial charge on any atom is -0.435 e. The summed E-state index contributed by atoms with van der Waals surface area (Å²) in [6.45, 7) is -1.08. The molecule has 0 aliphatic carbocycles. The lowest BCUT2D eigenvalue weighted by molar-refractivity contribution is -0.117. The van der Waals surface area contributed by atoms with Crippen LogP contribution >= 0.6 is 0 Å². The summed E-state index contributed by atoms with van der Waals surface area (Å²) in [5.41, 5.74) is 1.37. The Kier molecular flexibility index (Phi) is 6.24. The summed E-state index contributed by atoms with van der Waals surface area (Å²) < 4.78 is 28.5. The molecule has 0 saturated carbocycles. The predicted molar refractivity (Wildman–Crippen MR) is 89.7 cm³/mol. The Bertz CT molecular complexity index is 781. The standard InChI is InChI=1S/C19H16F2N2O2/c1-13(15-5-3-2-4-6-15)23-18(24)16(12-22)11-14-7-9-17(10-8-14)25-19(20)21/h2-11,13,19H,1H3,(H,23,24)/b16-11+/t13-/m0/s1. The number of alkyl halides is 2. The van der Waals surface area contributed by atoms with Crippen LogP contribution in [0.15, 0.2) is 60.2 Å². The Balaban J connectivity index is 2.09. The fraction of sp³-hybridized carbons (Fsp3) is 0.158. The fourth-order valence-corrected chi connectivity index (χ4v) is 2.16. The van der Waals surface area contributed by atoms with Gasteiger partial charge in [-0.25, -0.2) is 0 Å². The number of hydrogen-bond donors (Lipinski definition) is 1. The second-order valence-electron chi connectivity index (χ2n) is 5.22. The van der Waals surface area contributed by atoms with Gasteiger partial charge >= 0.3 is 6.61 Å². The second-order valence-corrected chi connectivity index (χ2v) is 5.22. The van der Waals surface area contributed by atoms with E-state index in [4.69, 9.17) is 0 Å². The Morgan fingerprint density at radius 3 is 2.36 bits per heavy atom. The Morgan fingerprint density at radius 1 is 1.16 bits per heavy atom. The first-order valence-corrected chi connectivity index (χ1v) is 7.52. The van der Waals surface area contributed by atoms with Gasteiger partial charge in [-0.2, -0.15) is 14.0 Å². The van der Waals surface area contributed by atoms with Crippen LogP contribution < -0.4 is 10.1 Å². The summed E-state index contributed by atoms with van der Waals surface area (Å²) in [6.07, 6.45) is 1.39. The SMILES string of the molecule is C[C@H](NC(=O)/C(C#N)=C/c1ccc(OC(F)F)cc1)c1ccccc1. The molecule has 1 atom stereocenters. The number of nitrogens with one attached hydrogen (secondary N) is 1. The topological polar surface area (TPSA) is 62.1 Å². The van der Waals surface area contributed by atoms with Crippen molar-refractivity contribution in [3.63, 3.8) is 0 Å². The number of hydrogen-bond acceptors (Lipinski definition) is 3. The Labute approximate surface area is 144 Å². The fourth-order valence-electron chi connectivity index (χ4n) is 2.16. The third kappa shape index (κ3) is 5.43. The van der Waals surface area contributed by atoms with Crippen LogP contribution in [0.3, 0.4) is 0 Å². The van der Waals surface area contributed by atoms with Crippen molar-refractivity contribution < 1.29 is 18.3 Å². The van der Waals surface area contributed by atoms with Gasteiger partial charge in [0.1, 0.15) is 17.4 Å². The third-order valence-corrected chi connectivity index (χ3v) is 3.43. The lowest BCUT2D eigenvalue weighted by Gasteiger charge is -2.13. The molecule has 0 aliphatic rings. The number of halogens is 2. The molecular weight excluding hydrogens is 326 g/mol. The van der Waals surface area contributed by atoms with Crippen molar-refractivity contribution in [3.05, 3.63) is 71.3 Å². The highest BCUT2D eigenvalue weighted by Gasteiger charge is 2.13.